The lowest BCUT2D eigenvalue weighted by Gasteiger charge is -2.36. The van der Waals surface area contributed by atoms with E-state index in [4.69, 9.17) is 0 Å². The van der Waals surface area contributed by atoms with E-state index in [1.807, 2.05) is 6.92 Å². The van der Waals surface area contributed by atoms with Crippen LogP contribution in [0.15, 0.2) is 0 Å². The molecule has 1 aliphatic heterocycles. The van der Waals surface area contributed by atoms with Crippen LogP contribution in [-0.4, -0.2) is 51.8 Å². The molecule has 0 aromatic rings. The number of hydrogen-bond acceptors (Lipinski definition) is 3. The molecule has 2 atom stereocenters. The van der Waals surface area contributed by atoms with Crippen molar-refractivity contribution in [1.29, 1.82) is 0 Å². The number of carboxylic acids is 1. The van der Waals surface area contributed by atoms with Crippen molar-refractivity contribution >= 4 is 12.0 Å². The molecule has 1 saturated carbocycles. The molecule has 0 bridgehead atoms. The van der Waals surface area contributed by atoms with Crippen molar-refractivity contribution in [3.8, 4) is 0 Å². The van der Waals surface area contributed by atoms with Crippen molar-refractivity contribution in [1.82, 2.24) is 10.2 Å². The fourth-order valence-electron chi connectivity index (χ4n) is 2.89. The Bertz CT molecular complexity index is 366. The molecule has 0 aromatic heterocycles. The number of aliphatic carboxylic acids is 1. The molecule has 19 heavy (non-hydrogen) atoms. The first-order valence-corrected chi connectivity index (χ1v) is 6.93. The lowest BCUT2D eigenvalue weighted by Crippen LogP contribution is -2.58. The van der Waals surface area contributed by atoms with Gasteiger partial charge in [-0.05, 0) is 25.2 Å². The van der Waals surface area contributed by atoms with Gasteiger partial charge < -0.3 is 20.4 Å². The van der Waals surface area contributed by atoms with E-state index in [0.29, 0.717) is 19.4 Å². The van der Waals surface area contributed by atoms with Crippen LogP contribution in [0.5, 0.6) is 0 Å². The maximum absolute atomic E-state index is 12.2. The number of aliphatic hydroxyl groups excluding tert-OH is 1. The van der Waals surface area contributed by atoms with Crippen LogP contribution < -0.4 is 5.32 Å². The second kappa shape index (κ2) is 5.36. The average Bonchev–Trinajstić information content (AvgIpc) is 2.82. The van der Waals surface area contributed by atoms with E-state index >= 15 is 0 Å². The van der Waals surface area contributed by atoms with Gasteiger partial charge in [-0.2, -0.15) is 0 Å². The summed E-state index contributed by atoms with van der Waals surface area (Å²) in [6, 6.07) is -0.366. The van der Waals surface area contributed by atoms with E-state index in [0.717, 1.165) is 19.3 Å². The number of β-amino-alcohol motifs (C(OH)–C–C–N with tert-alkyl or cyclic N) is 1. The predicted octanol–water partition coefficient (Wildman–Crippen LogP) is 0.796. The van der Waals surface area contributed by atoms with Crippen LogP contribution in [0, 0.1) is 5.92 Å². The van der Waals surface area contributed by atoms with Crippen molar-refractivity contribution in [2.75, 3.05) is 13.1 Å². The first kappa shape index (κ1) is 14.1. The highest BCUT2D eigenvalue weighted by Gasteiger charge is 2.43. The first-order chi connectivity index (χ1) is 8.94. The maximum Gasteiger partial charge on any atom is 0.329 e. The predicted molar refractivity (Wildman–Crippen MR) is 68.7 cm³/mol. The second-order valence-corrected chi connectivity index (χ2v) is 5.80. The molecule has 2 unspecified atom stereocenters. The molecule has 0 aromatic carbocycles. The molecule has 6 nitrogen and oxygen atoms in total. The molecule has 1 heterocycles. The third-order valence-corrected chi connectivity index (χ3v) is 4.42. The van der Waals surface area contributed by atoms with E-state index in [-0.39, 0.29) is 18.5 Å². The largest absolute Gasteiger partial charge is 0.480 e. The number of nitrogens with zero attached hydrogens (tertiary/aromatic N) is 1. The Morgan fingerprint density at radius 3 is 2.47 bits per heavy atom. The average molecular weight is 270 g/mol. The number of hydrogen-bond donors (Lipinski definition) is 3. The SMILES string of the molecule is CC1CCN(C(=O)NC2(C(=O)O)CCCC2)CC1O. The lowest BCUT2D eigenvalue weighted by molar-refractivity contribution is -0.144. The van der Waals surface area contributed by atoms with Crippen molar-refractivity contribution in [3.63, 3.8) is 0 Å². The molecular weight excluding hydrogens is 248 g/mol. The number of carbonyl (C=O) groups is 2. The number of carbonyl (C=O) groups excluding carboxylic acids is 1. The molecule has 0 spiro atoms. The summed E-state index contributed by atoms with van der Waals surface area (Å²) in [6.45, 7) is 2.80. The molecule has 2 fully saturated rings. The molecule has 6 heteroatoms. The molecule has 2 rings (SSSR count). The topological polar surface area (TPSA) is 89.9 Å². The molecule has 1 aliphatic carbocycles. The highest BCUT2D eigenvalue weighted by molar-refractivity contribution is 5.86. The van der Waals surface area contributed by atoms with Gasteiger partial charge in [0.25, 0.3) is 0 Å². The van der Waals surface area contributed by atoms with Crippen LogP contribution >= 0.6 is 0 Å². The third kappa shape index (κ3) is 2.83. The van der Waals surface area contributed by atoms with Crippen LogP contribution in [0.3, 0.4) is 0 Å². The van der Waals surface area contributed by atoms with E-state index < -0.39 is 17.6 Å². The summed E-state index contributed by atoms with van der Waals surface area (Å²) in [5.74, 6) is -0.770. The number of nitrogens with one attached hydrogen (secondary N) is 1. The van der Waals surface area contributed by atoms with E-state index in [2.05, 4.69) is 5.32 Å². The number of piperidine rings is 1. The zero-order valence-electron chi connectivity index (χ0n) is 11.3. The third-order valence-electron chi connectivity index (χ3n) is 4.42. The van der Waals surface area contributed by atoms with Gasteiger partial charge in [0.15, 0.2) is 0 Å². The van der Waals surface area contributed by atoms with Crippen LogP contribution in [-0.2, 0) is 4.79 Å². The molecule has 0 radical (unpaired) electrons. The first-order valence-electron chi connectivity index (χ1n) is 6.93. The second-order valence-electron chi connectivity index (χ2n) is 5.80. The Kier molecular flexibility index (Phi) is 3.99. The van der Waals surface area contributed by atoms with Gasteiger partial charge in [-0.3, -0.25) is 0 Å². The van der Waals surface area contributed by atoms with E-state index in [9.17, 15) is 19.8 Å². The zero-order chi connectivity index (χ0) is 14.0. The van der Waals surface area contributed by atoms with Crippen LogP contribution in [0.2, 0.25) is 0 Å². The number of urea groups is 1. The normalized spacial score (nSPS) is 30.1. The number of rotatable bonds is 2. The summed E-state index contributed by atoms with van der Waals surface area (Å²) < 4.78 is 0. The summed E-state index contributed by atoms with van der Waals surface area (Å²) in [6.07, 6.45) is 2.85. The van der Waals surface area contributed by atoms with Gasteiger partial charge in [-0.1, -0.05) is 19.8 Å². The Morgan fingerprint density at radius 2 is 1.95 bits per heavy atom. The van der Waals surface area contributed by atoms with Gasteiger partial charge in [0.2, 0.25) is 0 Å². The number of aliphatic hydroxyl groups is 1. The zero-order valence-corrected chi connectivity index (χ0v) is 11.3. The fraction of sp³-hybridized carbons (Fsp3) is 0.846. The Labute approximate surface area is 112 Å². The van der Waals surface area contributed by atoms with Crippen molar-refractivity contribution in [2.45, 2.75) is 50.7 Å². The molecule has 2 amide bonds. The smallest absolute Gasteiger partial charge is 0.329 e. The van der Waals surface area contributed by atoms with E-state index in [1.54, 1.807) is 0 Å². The van der Waals surface area contributed by atoms with Crippen LogP contribution in [0.25, 0.3) is 0 Å². The van der Waals surface area contributed by atoms with Gasteiger partial charge in [-0.25, -0.2) is 9.59 Å². The minimum Gasteiger partial charge on any atom is -0.480 e. The minimum atomic E-state index is -1.11. The Morgan fingerprint density at radius 1 is 1.32 bits per heavy atom. The monoisotopic (exact) mass is 270 g/mol. The molecular formula is C13H22N2O4. The van der Waals surface area contributed by atoms with Crippen molar-refractivity contribution in [3.05, 3.63) is 0 Å². The lowest BCUT2D eigenvalue weighted by atomic mass is 9.95. The van der Waals surface area contributed by atoms with Crippen LogP contribution in [0.4, 0.5) is 4.79 Å². The number of carboxylic acid groups (broad SMARTS) is 1. The van der Waals surface area contributed by atoms with Gasteiger partial charge in [0.05, 0.1) is 6.10 Å². The number of amides is 2. The summed E-state index contributed by atoms with van der Waals surface area (Å²) in [7, 11) is 0. The molecule has 3 N–H and O–H groups in total. The standard InChI is InChI=1S/C13H22N2O4/c1-9-4-7-15(8-10(9)16)12(19)14-13(11(17)18)5-2-3-6-13/h9-10,16H,2-8H2,1H3,(H,14,19)(H,17,18). The summed E-state index contributed by atoms with van der Waals surface area (Å²) >= 11 is 0. The quantitative estimate of drug-likeness (QED) is 0.692. The highest BCUT2D eigenvalue weighted by Crippen LogP contribution is 2.30. The Balaban J connectivity index is 1.98. The van der Waals surface area contributed by atoms with Gasteiger partial charge in [-0.15, -0.1) is 0 Å². The van der Waals surface area contributed by atoms with Gasteiger partial charge in [0.1, 0.15) is 5.54 Å². The molecule has 1 saturated heterocycles. The number of likely N-dealkylation sites (tertiary alicyclic amines) is 1. The van der Waals surface area contributed by atoms with E-state index in [1.165, 1.54) is 4.90 Å². The van der Waals surface area contributed by atoms with Crippen LogP contribution in [0.1, 0.15) is 39.0 Å². The minimum absolute atomic E-state index is 0.184. The highest BCUT2D eigenvalue weighted by atomic mass is 16.4. The maximum atomic E-state index is 12.2. The summed E-state index contributed by atoms with van der Waals surface area (Å²) in [5.41, 5.74) is -1.11. The molecule has 2 aliphatic rings. The van der Waals surface area contributed by atoms with Gasteiger partial charge >= 0.3 is 12.0 Å². The molecule has 108 valence electrons. The van der Waals surface area contributed by atoms with Gasteiger partial charge in [0, 0.05) is 13.1 Å². The fourth-order valence-corrected chi connectivity index (χ4v) is 2.89. The van der Waals surface area contributed by atoms with Crippen molar-refractivity contribution < 1.29 is 19.8 Å². The van der Waals surface area contributed by atoms with Crippen molar-refractivity contribution in [2.24, 2.45) is 5.92 Å². The summed E-state index contributed by atoms with van der Waals surface area (Å²) in [5, 5.41) is 21.8. The Hall–Kier alpha value is -1.30. The summed E-state index contributed by atoms with van der Waals surface area (Å²) in [4.78, 5) is 25.1.